The Balaban J connectivity index is 0.00000162. The summed E-state index contributed by atoms with van der Waals surface area (Å²) in [5, 5.41) is 3.52. The van der Waals surface area contributed by atoms with E-state index in [0.29, 0.717) is 10.6 Å². The van der Waals surface area contributed by atoms with Crippen LogP contribution in [0.25, 0.3) is 0 Å². The first-order valence-corrected chi connectivity index (χ1v) is 6.05. The lowest BCUT2D eigenvalue weighted by molar-refractivity contribution is 0.147. The Morgan fingerprint density at radius 1 is 1.21 bits per heavy atom. The number of benzene rings is 1. The fourth-order valence-electron chi connectivity index (χ4n) is 2.16. The van der Waals surface area contributed by atoms with Gasteiger partial charge < -0.3 is 5.32 Å². The van der Waals surface area contributed by atoms with E-state index in [0.717, 1.165) is 26.2 Å². The van der Waals surface area contributed by atoms with E-state index in [1.165, 1.54) is 12.1 Å². The summed E-state index contributed by atoms with van der Waals surface area (Å²) in [5.74, 6) is -0.416. The largest absolute Gasteiger partial charge is 0.314 e. The Morgan fingerprint density at radius 3 is 2.37 bits per heavy atom. The standard InChI is InChI=1S/C12H15ClF2N2.2ClH/c13-10-5-9(6-11(15)7-10)12(8-14)17-3-1-16-2-4-17;;/h5-7,12,16H,1-4,8H2;2*1H/t12-;;/m0../s1. The van der Waals surface area contributed by atoms with Crippen LogP contribution < -0.4 is 5.32 Å². The number of hydrogen-bond donors (Lipinski definition) is 1. The Kier molecular flexibility index (Phi) is 8.86. The minimum atomic E-state index is -0.528. The molecule has 7 heteroatoms. The molecule has 1 fully saturated rings. The van der Waals surface area contributed by atoms with Gasteiger partial charge in [0, 0.05) is 31.2 Å². The molecule has 1 aliphatic heterocycles. The second-order valence-electron chi connectivity index (χ2n) is 4.16. The number of piperazine rings is 1. The normalized spacial score (nSPS) is 17.2. The minimum absolute atomic E-state index is 0. The Labute approximate surface area is 129 Å². The topological polar surface area (TPSA) is 15.3 Å². The second kappa shape index (κ2) is 8.93. The van der Waals surface area contributed by atoms with Gasteiger partial charge in [0.25, 0.3) is 0 Å². The molecule has 0 aliphatic carbocycles. The van der Waals surface area contributed by atoms with Crippen LogP contribution in [0.5, 0.6) is 0 Å². The quantitative estimate of drug-likeness (QED) is 0.913. The maximum Gasteiger partial charge on any atom is 0.125 e. The highest BCUT2D eigenvalue weighted by Gasteiger charge is 2.22. The summed E-state index contributed by atoms with van der Waals surface area (Å²) in [4.78, 5) is 2.02. The van der Waals surface area contributed by atoms with Crippen molar-refractivity contribution in [2.75, 3.05) is 32.9 Å². The van der Waals surface area contributed by atoms with Gasteiger partial charge in [-0.05, 0) is 23.8 Å². The zero-order valence-electron chi connectivity index (χ0n) is 10.2. The predicted octanol–water partition coefficient (Wildman–Crippen LogP) is 3.24. The average Bonchev–Trinajstić information content (AvgIpc) is 2.30. The minimum Gasteiger partial charge on any atom is -0.314 e. The number of rotatable bonds is 3. The Bertz CT molecular complexity index is 367. The summed E-state index contributed by atoms with van der Waals surface area (Å²) in [6.07, 6.45) is 0. The van der Waals surface area contributed by atoms with Crippen LogP contribution in [-0.2, 0) is 0 Å². The molecule has 1 N–H and O–H groups in total. The Morgan fingerprint density at radius 2 is 1.84 bits per heavy atom. The molecule has 1 aliphatic rings. The van der Waals surface area contributed by atoms with E-state index in [-0.39, 0.29) is 24.8 Å². The summed E-state index contributed by atoms with van der Waals surface area (Å²) >= 11 is 5.80. The monoisotopic (exact) mass is 332 g/mol. The zero-order chi connectivity index (χ0) is 12.3. The van der Waals surface area contributed by atoms with Gasteiger partial charge >= 0.3 is 0 Å². The molecule has 0 unspecified atom stereocenters. The summed E-state index contributed by atoms with van der Waals surface area (Å²) in [6.45, 7) is 2.67. The summed E-state index contributed by atoms with van der Waals surface area (Å²) < 4.78 is 26.4. The van der Waals surface area contributed by atoms with Crippen molar-refractivity contribution in [1.82, 2.24) is 10.2 Å². The molecule has 1 atom stereocenters. The van der Waals surface area contributed by atoms with Crippen molar-refractivity contribution in [3.63, 3.8) is 0 Å². The van der Waals surface area contributed by atoms with E-state index in [1.807, 2.05) is 4.90 Å². The lowest BCUT2D eigenvalue weighted by Crippen LogP contribution is -2.45. The third-order valence-corrected chi connectivity index (χ3v) is 3.23. The van der Waals surface area contributed by atoms with E-state index in [4.69, 9.17) is 11.6 Å². The molecule has 2 nitrogen and oxygen atoms in total. The van der Waals surface area contributed by atoms with Gasteiger partial charge in [-0.15, -0.1) is 24.8 Å². The van der Waals surface area contributed by atoms with Crippen molar-refractivity contribution in [2.45, 2.75) is 6.04 Å². The van der Waals surface area contributed by atoms with Crippen LogP contribution in [0.3, 0.4) is 0 Å². The van der Waals surface area contributed by atoms with Gasteiger partial charge in [-0.25, -0.2) is 8.78 Å². The van der Waals surface area contributed by atoms with Crippen LogP contribution in [0.2, 0.25) is 5.02 Å². The van der Waals surface area contributed by atoms with E-state index < -0.39 is 18.5 Å². The first-order valence-electron chi connectivity index (χ1n) is 5.67. The van der Waals surface area contributed by atoms with Crippen molar-refractivity contribution in [2.24, 2.45) is 0 Å². The number of nitrogens with zero attached hydrogens (tertiary/aromatic N) is 1. The van der Waals surface area contributed by atoms with Crippen LogP contribution >= 0.6 is 36.4 Å². The van der Waals surface area contributed by atoms with Crippen LogP contribution in [0.15, 0.2) is 18.2 Å². The lowest BCUT2D eigenvalue weighted by Gasteiger charge is -2.33. The number of nitrogens with one attached hydrogen (secondary N) is 1. The van der Waals surface area contributed by atoms with Crippen LogP contribution in [0.1, 0.15) is 11.6 Å². The first kappa shape index (κ1) is 18.9. The van der Waals surface area contributed by atoms with Gasteiger partial charge in [-0.3, -0.25) is 4.90 Å². The molecule has 0 saturated carbocycles. The molecule has 0 bridgehead atoms. The fraction of sp³-hybridized carbons (Fsp3) is 0.500. The van der Waals surface area contributed by atoms with Crippen LogP contribution in [0, 0.1) is 5.82 Å². The third kappa shape index (κ3) is 5.04. The van der Waals surface area contributed by atoms with Crippen molar-refractivity contribution < 1.29 is 8.78 Å². The molecular weight excluding hydrogens is 317 g/mol. The number of alkyl halides is 1. The van der Waals surface area contributed by atoms with Crippen LogP contribution in [0.4, 0.5) is 8.78 Å². The highest BCUT2D eigenvalue weighted by atomic mass is 35.5. The van der Waals surface area contributed by atoms with Crippen molar-refractivity contribution in [3.8, 4) is 0 Å². The maximum absolute atomic E-state index is 13.3. The molecule has 2 rings (SSSR count). The van der Waals surface area contributed by atoms with E-state index >= 15 is 0 Å². The summed E-state index contributed by atoms with van der Waals surface area (Å²) in [6, 6.07) is 3.83. The first-order chi connectivity index (χ1) is 8.20. The predicted molar refractivity (Wildman–Crippen MR) is 79.1 cm³/mol. The molecular formula is C12H17Cl3F2N2. The highest BCUT2D eigenvalue weighted by Crippen LogP contribution is 2.25. The zero-order valence-corrected chi connectivity index (χ0v) is 12.6. The van der Waals surface area contributed by atoms with E-state index in [2.05, 4.69) is 5.32 Å². The highest BCUT2D eigenvalue weighted by molar-refractivity contribution is 6.30. The molecule has 0 aromatic heterocycles. The van der Waals surface area contributed by atoms with Gasteiger partial charge in [-0.1, -0.05) is 11.6 Å². The van der Waals surface area contributed by atoms with Crippen molar-refractivity contribution in [3.05, 3.63) is 34.6 Å². The average molecular weight is 334 g/mol. The molecule has 0 spiro atoms. The molecule has 0 radical (unpaired) electrons. The smallest absolute Gasteiger partial charge is 0.125 e. The van der Waals surface area contributed by atoms with Gasteiger partial charge in [-0.2, -0.15) is 0 Å². The van der Waals surface area contributed by atoms with E-state index in [1.54, 1.807) is 6.07 Å². The molecule has 110 valence electrons. The second-order valence-corrected chi connectivity index (χ2v) is 4.60. The summed E-state index contributed by atoms with van der Waals surface area (Å²) in [5.41, 5.74) is 0.611. The van der Waals surface area contributed by atoms with Crippen molar-refractivity contribution in [1.29, 1.82) is 0 Å². The molecule has 19 heavy (non-hydrogen) atoms. The molecule has 1 saturated heterocycles. The lowest BCUT2D eigenvalue weighted by atomic mass is 10.1. The van der Waals surface area contributed by atoms with Gasteiger partial charge in [0.1, 0.15) is 12.5 Å². The molecule has 1 heterocycles. The maximum atomic E-state index is 13.3. The molecule has 1 aromatic carbocycles. The van der Waals surface area contributed by atoms with Gasteiger partial charge in [0.05, 0.1) is 6.04 Å². The number of halogens is 5. The summed E-state index contributed by atoms with van der Waals surface area (Å²) in [7, 11) is 0. The number of hydrogen-bond acceptors (Lipinski definition) is 2. The Hall–Kier alpha value is -0.130. The van der Waals surface area contributed by atoms with E-state index in [9.17, 15) is 8.78 Å². The van der Waals surface area contributed by atoms with Gasteiger partial charge in [0.2, 0.25) is 0 Å². The van der Waals surface area contributed by atoms with Crippen molar-refractivity contribution >= 4 is 36.4 Å². The molecule has 0 amide bonds. The SMILES string of the molecule is Cl.Cl.FC[C@@H](c1cc(F)cc(Cl)c1)N1CCNCC1. The third-order valence-electron chi connectivity index (χ3n) is 3.01. The fourth-order valence-corrected chi connectivity index (χ4v) is 2.39. The molecule has 1 aromatic rings. The van der Waals surface area contributed by atoms with Gasteiger partial charge in [0.15, 0.2) is 0 Å². The van der Waals surface area contributed by atoms with Crippen LogP contribution in [-0.4, -0.2) is 37.8 Å².